The lowest BCUT2D eigenvalue weighted by Gasteiger charge is -2.04. The van der Waals surface area contributed by atoms with Crippen molar-refractivity contribution in [2.75, 3.05) is 0 Å². The van der Waals surface area contributed by atoms with E-state index in [0.29, 0.717) is 43.9 Å². The minimum atomic E-state index is -0.0924. The molecule has 0 radical (unpaired) electrons. The van der Waals surface area contributed by atoms with Crippen molar-refractivity contribution in [2.45, 2.75) is 32.4 Å². The van der Waals surface area contributed by atoms with Crippen molar-refractivity contribution in [2.24, 2.45) is 0 Å². The van der Waals surface area contributed by atoms with E-state index in [4.69, 9.17) is 8.83 Å². The number of amides is 2. The van der Waals surface area contributed by atoms with Crippen LogP contribution in [0.4, 0.5) is 0 Å². The Labute approximate surface area is 122 Å². The second kappa shape index (κ2) is 7.94. The average molecular weight is 290 g/mol. The molecule has 0 aliphatic carbocycles. The van der Waals surface area contributed by atoms with Crippen molar-refractivity contribution in [1.82, 2.24) is 10.6 Å². The summed E-state index contributed by atoms with van der Waals surface area (Å²) in [4.78, 5) is 23.1. The standard InChI is InChI=1S/C15H18N2O4/c18-14(16-10-12-4-2-8-20-12)6-1-7-15(19)17-11-13-5-3-9-21-13/h2-5,8-9H,1,6-7,10-11H2,(H,16,18)(H,17,19). The third kappa shape index (κ3) is 5.56. The molecule has 0 saturated heterocycles. The van der Waals surface area contributed by atoms with Crippen LogP contribution in [0.25, 0.3) is 0 Å². The first-order chi connectivity index (χ1) is 10.2. The number of furan rings is 2. The van der Waals surface area contributed by atoms with E-state index in [1.165, 1.54) is 0 Å². The maximum atomic E-state index is 11.6. The molecular weight excluding hydrogens is 272 g/mol. The third-order valence-electron chi connectivity index (χ3n) is 2.89. The van der Waals surface area contributed by atoms with Gasteiger partial charge in [-0.3, -0.25) is 9.59 Å². The lowest BCUT2D eigenvalue weighted by atomic mass is 10.2. The van der Waals surface area contributed by atoms with Gasteiger partial charge in [0.15, 0.2) is 0 Å². The molecule has 112 valence electrons. The van der Waals surface area contributed by atoms with E-state index in [1.54, 1.807) is 36.8 Å². The van der Waals surface area contributed by atoms with Gasteiger partial charge in [-0.15, -0.1) is 0 Å². The fraction of sp³-hybridized carbons (Fsp3) is 0.333. The van der Waals surface area contributed by atoms with Crippen molar-refractivity contribution in [1.29, 1.82) is 0 Å². The Balaban J connectivity index is 1.53. The first-order valence-electron chi connectivity index (χ1n) is 6.82. The summed E-state index contributed by atoms with van der Waals surface area (Å²) in [6, 6.07) is 7.13. The smallest absolute Gasteiger partial charge is 0.220 e. The second-order valence-corrected chi connectivity index (χ2v) is 4.57. The highest BCUT2D eigenvalue weighted by Crippen LogP contribution is 2.02. The second-order valence-electron chi connectivity index (χ2n) is 4.57. The number of carbonyl (C=O) groups is 2. The summed E-state index contributed by atoms with van der Waals surface area (Å²) >= 11 is 0. The SMILES string of the molecule is O=C(CCCC(=O)NCc1ccco1)NCc1ccco1. The van der Waals surface area contributed by atoms with Crippen LogP contribution in [0.1, 0.15) is 30.8 Å². The molecule has 0 unspecified atom stereocenters. The molecule has 0 saturated carbocycles. The fourth-order valence-corrected chi connectivity index (χ4v) is 1.78. The highest BCUT2D eigenvalue weighted by Gasteiger charge is 2.06. The van der Waals surface area contributed by atoms with Crippen LogP contribution in [-0.2, 0) is 22.7 Å². The molecule has 6 heteroatoms. The van der Waals surface area contributed by atoms with Crippen LogP contribution in [0.5, 0.6) is 0 Å². The number of carbonyl (C=O) groups excluding carboxylic acids is 2. The number of hydrogen-bond donors (Lipinski definition) is 2. The molecule has 0 bridgehead atoms. The molecule has 2 aromatic rings. The molecule has 2 aromatic heterocycles. The lowest BCUT2D eigenvalue weighted by Crippen LogP contribution is -2.24. The molecule has 0 aliphatic heterocycles. The molecule has 2 rings (SSSR count). The average Bonchev–Trinajstić information content (AvgIpc) is 3.16. The Morgan fingerprint density at radius 3 is 1.71 bits per heavy atom. The van der Waals surface area contributed by atoms with Crippen LogP contribution >= 0.6 is 0 Å². The monoisotopic (exact) mass is 290 g/mol. The predicted molar refractivity (Wildman–Crippen MR) is 75.0 cm³/mol. The van der Waals surface area contributed by atoms with Crippen LogP contribution in [0.3, 0.4) is 0 Å². The molecule has 2 heterocycles. The van der Waals surface area contributed by atoms with Gasteiger partial charge in [0.2, 0.25) is 11.8 Å². The van der Waals surface area contributed by atoms with Crippen LogP contribution < -0.4 is 10.6 Å². The molecule has 2 amide bonds. The normalized spacial score (nSPS) is 10.3. The quantitative estimate of drug-likeness (QED) is 0.778. The van der Waals surface area contributed by atoms with Crippen molar-refractivity contribution < 1.29 is 18.4 Å². The van der Waals surface area contributed by atoms with Gasteiger partial charge in [0.05, 0.1) is 25.6 Å². The zero-order chi connectivity index (χ0) is 14.9. The van der Waals surface area contributed by atoms with E-state index in [1.807, 2.05) is 0 Å². The van der Waals surface area contributed by atoms with Gasteiger partial charge in [0.1, 0.15) is 11.5 Å². The number of rotatable bonds is 8. The summed E-state index contributed by atoms with van der Waals surface area (Å²) in [7, 11) is 0. The number of hydrogen-bond acceptors (Lipinski definition) is 4. The van der Waals surface area contributed by atoms with Gasteiger partial charge in [-0.25, -0.2) is 0 Å². The minimum absolute atomic E-state index is 0.0924. The Bertz CT molecular complexity index is 496. The van der Waals surface area contributed by atoms with E-state index in [9.17, 15) is 9.59 Å². The Morgan fingerprint density at radius 2 is 1.33 bits per heavy atom. The summed E-state index contributed by atoms with van der Waals surface area (Å²) in [5.41, 5.74) is 0. The van der Waals surface area contributed by atoms with Crippen LogP contribution in [0.2, 0.25) is 0 Å². The topological polar surface area (TPSA) is 84.5 Å². The van der Waals surface area contributed by atoms with Crippen LogP contribution in [0, 0.1) is 0 Å². The maximum Gasteiger partial charge on any atom is 0.220 e. The van der Waals surface area contributed by atoms with Crippen molar-refractivity contribution in [3.05, 3.63) is 48.3 Å². The van der Waals surface area contributed by atoms with Gasteiger partial charge >= 0.3 is 0 Å². The zero-order valence-corrected chi connectivity index (χ0v) is 11.6. The molecule has 0 atom stereocenters. The molecular formula is C15H18N2O4. The summed E-state index contributed by atoms with van der Waals surface area (Å²) in [5.74, 6) is 1.23. The van der Waals surface area contributed by atoms with E-state index < -0.39 is 0 Å². The van der Waals surface area contributed by atoms with E-state index in [2.05, 4.69) is 10.6 Å². The first kappa shape index (κ1) is 14.9. The predicted octanol–water partition coefficient (Wildman–Crippen LogP) is 1.98. The van der Waals surface area contributed by atoms with Crippen molar-refractivity contribution in [3.63, 3.8) is 0 Å². The Hall–Kier alpha value is -2.50. The summed E-state index contributed by atoms with van der Waals surface area (Å²) in [5, 5.41) is 5.47. The highest BCUT2D eigenvalue weighted by molar-refractivity contribution is 5.78. The summed E-state index contributed by atoms with van der Waals surface area (Å²) in [6.45, 7) is 0.743. The Morgan fingerprint density at radius 1 is 0.857 bits per heavy atom. The highest BCUT2D eigenvalue weighted by atomic mass is 16.3. The van der Waals surface area contributed by atoms with Crippen LogP contribution in [-0.4, -0.2) is 11.8 Å². The zero-order valence-electron chi connectivity index (χ0n) is 11.6. The van der Waals surface area contributed by atoms with Gasteiger partial charge in [-0.05, 0) is 30.7 Å². The van der Waals surface area contributed by atoms with Gasteiger partial charge in [0.25, 0.3) is 0 Å². The molecule has 0 aromatic carbocycles. The van der Waals surface area contributed by atoms with Gasteiger partial charge in [0, 0.05) is 12.8 Å². The van der Waals surface area contributed by atoms with E-state index in [0.717, 1.165) is 0 Å². The lowest BCUT2D eigenvalue weighted by molar-refractivity contribution is -0.122. The van der Waals surface area contributed by atoms with Crippen molar-refractivity contribution in [3.8, 4) is 0 Å². The maximum absolute atomic E-state index is 11.6. The molecule has 0 aliphatic rings. The third-order valence-corrected chi connectivity index (χ3v) is 2.89. The van der Waals surface area contributed by atoms with E-state index in [-0.39, 0.29) is 11.8 Å². The van der Waals surface area contributed by atoms with Crippen LogP contribution in [0.15, 0.2) is 45.6 Å². The molecule has 2 N–H and O–H groups in total. The summed E-state index contributed by atoms with van der Waals surface area (Å²) in [6.07, 6.45) is 4.26. The first-order valence-corrected chi connectivity index (χ1v) is 6.82. The molecule has 0 spiro atoms. The van der Waals surface area contributed by atoms with Crippen molar-refractivity contribution >= 4 is 11.8 Å². The molecule has 21 heavy (non-hydrogen) atoms. The minimum Gasteiger partial charge on any atom is -0.467 e. The van der Waals surface area contributed by atoms with E-state index >= 15 is 0 Å². The fourth-order valence-electron chi connectivity index (χ4n) is 1.78. The van der Waals surface area contributed by atoms with Gasteiger partial charge < -0.3 is 19.5 Å². The molecule has 6 nitrogen and oxygen atoms in total. The Kier molecular flexibility index (Phi) is 5.63. The molecule has 0 fully saturated rings. The number of nitrogens with one attached hydrogen (secondary N) is 2. The largest absolute Gasteiger partial charge is 0.467 e. The van der Waals surface area contributed by atoms with Gasteiger partial charge in [-0.1, -0.05) is 0 Å². The van der Waals surface area contributed by atoms with Gasteiger partial charge in [-0.2, -0.15) is 0 Å². The summed E-state index contributed by atoms with van der Waals surface area (Å²) < 4.78 is 10.2.